The summed E-state index contributed by atoms with van der Waals surface area (Å²) in [7, 11) is 1.65. The van der Waals surface area contributed by atoms with Gasteiger partial charge in [-0.15, -0.1) is 11.3 Å². The molecule has 15 heavy (non-hydrogen) atoms. The Hall–Kier alpha value is -1.68. The molecule has 0 saturated heterocycles. The fraction of sp³-hybridized carbons (Fsp3) is 0.0909. The first-order valence-electron chi connectivity index (χ1n) is 4.46. The minimum absolute atomic E-state index is 0.769. The number of rotatable bonds is 3. The molecule has 4 heteroatoms. The topological polar surface area (TPSA) is 34.5 Å². The summed E-state index contributed by atoms with van der Waals surface area (Å²) < 4.78 is 5.06. The quantitative estimate of drug-likeness (QED) is 0.742. The Morgan fingerprint density at radius 2 is 2.13 bits per heavy atom. The summed E-state index contributed by atoms with van der Waals surface area (Å²) in [5.41, 5.74) is 1.03. The molecule has 0 unspecified atom stereocenters. The molecule has 0 bridgehead atoms. The lowest BCUT2D eigenvalue weighted by molar-refractivity contribution is 0.415. The zero-order valence-corrected chi connectivity index (χ0v) is 9.07. The van der Waals surface area contributed by atoms with Crippen LogP contribution in [0.15, 0.2) is 40.8 Å². The summed E-state index contributed by atoms with van der Waals surface area (Å²) in [6.45, 7) is 0. The molecule has 0 saturated carbocycles. The largest absolute Gasteiger partial charge is 0.497 e. The predicted octanol–water partition coefficient (Wildman–Crippen LogP) is 2.90. The Morgan fingerprint density at radius 3 is 2.73 bits per heavy atom. The standard InChI is InChI=1S/C11H10N2OS/c1-14-10-4-2-9(3-5-10)8-13-11-12-6-7-15-11/h2-8H,1H3/b13-8+. The van der Waals surface area contributed by atoms with Crippen LogP contribution < -0.4 is 4.74 Å². The van der Waals surface area contributed by atoms with E-state index in [9.17, 15) is 0 Å². The van der Waals surface area contributed by atoms with Crippen LogP contribution in [0, 0.1) is 0 Å². The van der Waals surface area contributed by atoms with Gasteiger partial charge >= 0.3 is 0 Å². The van der Waals surface area contributed by atoms with Crippen molar-refractivity contribution >= 4 is 22.7 Å². The summed E-state index contributed by atoms with van der Waals surface area (Å²) in [5, 5.41) is 2.67. The van der Waals surface area contributed by atoms with E-state index in [1.165, 1.54) is 11.3 Å². The fourth-order valence-corrected chi connectivity index (χ4v) is 1.58. The van der Waals surface area contributed by atoms with Gasteiger partial charge in [0.25, 0.3) is 0 Å². The SMILES string of the molecule is COc1ccc(/C=N/c2nccs2)cc1. The first kappa shape index (κ1) is 9.86. The van der Waals surface area contributed by atoms with Crippen molar-refractivity contribution in [1.29, 1.82) is 0 Å². The molecule has 0 spiro atoms. The van der Waals surface area contributed by atoms with Gasteiger partial charge in [0.2, 0.25) is 5.13 Å². The molecule has 76 valence electrons. The van der Waals surface area contributed by atoms with E-state index < -0.39 is 0 Å². The maximum atomic E-state index is 5.06. The first-order valence-corrected chi connectivity index (χ1v) is 5.34. The van der Waals surface area contributed by atoms with Crippen LogP contribution in [-0.2, 0) is 0 Å². The van der Waals surface area contributed by atoms with Crippen molar-refractivity contribution in [3.8, 4) is 5.75 Å². The number of nitrogens with zero attached hydrogens (tertiary/aromatic N) is 2. The van der Waals surface area contributed by atoms with Crippen molar-refractivity contribution in [1.82, 2.24) is 4.98 Å². The van der Waals surface area contributed by atoms with Gasteiger partial charge in [-0.05, 0) is 29.8 Å². The molecule has 2 rings (SSSR count). The Labute approximate surface area is 92.1 Å². The molecule has 3 nitrogen and oxygen atoms in total. The number of hydrogen-bond donors (Lipinski definition) is 0. The minimum Gasteiger partial charge on any atom is -0.497 e. The molecule has 0 N–H and O–H groups in total. The van der Waals surface area contributed by atoms with E-state index in [-0.39, 0.29) is 0 Å². The molecule has 1 heterocycles. The van der Waals surface area contributed by atoms with E-state index in [0.29, 0.717) is 0 Å². The Balaban J connectivity index is 2.11. The average molecular weight is 218 g/mol. The van der Waals surface area contributed by atoms with E-state index >= 15 is 0 Å². The molecule has 0 fully saturated rings. The number of thiazole rings is 1. The normalized spacial score (nSPS) is 10.7. The predicted molar refractivity (Wildman–Crippen MR) is 62.4 cm³/mol. The third-order valence-electron chi connectivity index (χ3n) is 1.86. The van der Waals surface area contributed by atoms with Crippen LogP contribution in [0.5, 0.6) is 5.75 Å². The molecular weight excluding hydrogens is 208 g/mol. The molecule has 0 amide bonds. The third kappa shape index (κ3) is 2.63. The van der Waals surface area contributed by atoms with E-state index in [4.69, 9.17) is 4.74 Å². The molecular formula is C11H10N2OS. The van der Waals surface area contributed by atoms with Gasteiger partial charge in [-0.2, -0.15) is 0 Å². The van der Waals surface area contributed by atoms with Crippen LogP contribution in [0.2, 0.25) is 0 Å². The number of ether oxygens (including phenoxy) is 1. The highest BCUT2D eigenvalue weighted by Crippen LogP contribution is 2.15. The van der Waals surface area contributed by atoms with Crippen molar-refractivity contribution in [3.63, 3.8) is 0 Å². The number of aliphatic imine (C=N–C) groups is 1. The molecule has 1 aromatic carbocycles. The van der Waals surface area contributed by atoms with Gasteiger partial charge in [0.15, 0.2) is 0 Å². The van der Waals surface area contributed by atoms with Crippen LogP contribution >= 0.6 is 11.3 Å². The summed E-state index contributed by atoms with van der Waals surface area (Å²) in [5.74, 6) is 0.849. The van der Waals surface area contributed by atoms with Crippen molar-refractivity contribution < 1.29 is 4.74 Å². The number of aromatic nitrogens is 1. The van der Waals surface area contributed by atoms with E-state index in [0.717, 1.165) is 16.4 Å². The van der Waals surface area contributed by atoms with Crippen molar-refractivity contribution in [2.45, 2.75) is 0 Å². The summed E-state index contributed by atoms with van der Waals surface area (Å²) in [4.78, 5) is 8.29. The highest BCUT2D eigenvalue weighted by molar-refractivity contribution is 7.13. The first-order chi connectivity index (χ1) is 7.38. The van der Waals surface area contributed by atoms with Crippen LogP contribution in [0.1, 0.15) is 5.56 Å². The molecule has 1 aromatic heterocycles. The lowest BCUT2D eigenvalue weighted by Crippen LogP contribution is -1.84. The van der Waals surface area contributed by atoms with Crippen LogP contribution in [0.3, 0.4) is 0 Å². The second kappa shape index (κ2) is 4.70. The molecule has 0 atom stereocenters. The van der Waals surface area contributed by atoms with Crippen molar-refractivity contribution in [2.75, 3.05) is 7.11 Å². The monoisotopic (exact) mass is 218 g/mol. The Morgan fingerprint density at radius 1 is 1.33 bits per heavy atom. The van der Waals surface area contributed by atoms with Gasteiger partial charge < -0.3 is 4.74 Å². The van der Waals surface area contributed by atoms with Crippen LogP contribution in [0.25, 0.3) is 0 Å². The van der Waals surface area contributed by atoms with E-state index in [1.54, 1.807) is 19.5 Å². The molecule has 2 aromatic rings. The number of methoxy groups -OCH3 is 1. The van der Waals surface area contributed by atoms with Crippen molar-refractivity contribution in [2.24, 2.45) is 4.99 Å². The molecule has 0 aliphatic heterocycles. The smallest absolute Gasteiger partial charge is 0.208 e. The fourth-order valence-electron chi connectivity index (χ4n) is 1.10. The maximum Gasteiger partial charge on any atom is 0.208 e. The zero-order valence-electron chi connectivity index (χ0n) is 8.25. The van der Waals surface area contributed by atoms with Crippen LogP contribution in [-0.4, -0.2) is 18.3 Å². The second-order valence-electron chi connectivity index (χ2n) is 2.85. The van der Waals surface area contributed by atoms with E-state index in [2.05, 4.69) is 9.98 Å². The molecule has 0 aliphatic rings. The Kier molecular flexibility index (Phi) is 3.09. The Bertz CT molecular complexity index is 434. The van der Waals surface area contributed by atoms with Gasteiger partial charge in [-0.3, -0.25) is 0 Å². The maximum absolute atomic E-state index is 5.06. The minimum atomic E-state index is 0.769. The summed E-state index contributed by atoms with van der Waals surface area (Å²) in [6, 6.07) is 7.72. The van der Waals surface area contributed by atoms with Gasteiger partial charge in [0.05, 0.1) is 7.11 Å². The summed E-state index contributed by atoms with van der Waals surface area (Å²) >= 11 is 1.52. The second-order valence-corrected chi connectivity index (χ2v) is 3.72. The van der Waals surface area contributed by atoms with Gasteiger partial charge in [0, 0.05) is 17.8 Å². The lowest BCUT2D eigenvalue weighted by atomic mass is 10.2. The highest BCUT2D eigenvalue weighted by Gasteiger charge is 1.92. The lowest BCUT2D eigenvalue weighted by Gasteiger charge is -1.98. The zero-order chi connectivity index (χ0) is 10.5. The molecule has 0 aliphatic carbocycles. The van der Waals surface area contributed by atoms with Gasteiger partial charge in [-0.25, -0.2) is 9.98 Å². The molecule has 0 radical (unpaired) electrons. The van der Waals surface area contributed by atoms with E-state index in [1.807, 2.05) is 29.6 Å². The number of benzene rings is 1. The van der Waals surface area contributed by atoms with Crippen LogP contribution in [0.4, 0.5) is 5.13 Å². The average Bonchev–Trinajstić information content (AvgIpc) is 2.80. The summed E-state index contributed by atoms with van der Waals surface area (Å²) in [6.07, 6.45) is 3.53. The third-order valence-corrected chi connectivity index (χ3v) is 2.54. The number of hydrogen-bond acceptors (Lipinski definition) is 4. The van der Waals surface area contributed by atoms with Gasteiger partial charge in [0.1, 0.15) is 5.75 Å². The van der Waals surface area contributed by atoms with Crippen molar-refractivity contribution in [3.05, 3.63) is 41.4 Å². The highest BCUT2D eigenvalue weighted by atomic mass is 32.1. The van der Waals surface area contributed by atoms with Gasteiger partial charge in [-0.1, -0.05) is 0 Å².